The molecule has 0 bridgehead atoms. The van der Waals surface area contributed by atoms with E-state index in [0.29, 0.717) is 15.7 Å². The number of aliphatic hydroxyl groups is 1. The Labute approximate surface area is 194 Å². The number of esters is 2. The first-order valence-corrected chi connectivity index (χ1v) is 10.9. The molecule has 0 aromatic heterocycles. The molecule has 1 aliphatic rings. The summed E-state index contributed by atoms with van der Waals surface area (Å²) in [5, 5.41) is 14.2. The highest BCUT2D eigenvalue weighted by atomic mass is 79.9. The summed E-state index contributed by atoms with van der Waals surface area (Å²) in [6.45, 7) is 5.31. The highest BCUT2D eigenvalue weighted by Gasteiger charge is 2.59. The molecule has 1 aliphatic heterocycles. The van der Waals surface area contributed by atoms with Crippen LogP contribution < -0.4 is 10.2 Å². The Bertz CT molecular complexity index is 1060. The van der Waals surface area contributed by atoms with Gasteiger partial charge in [-0.25, -0.2) is 9.59 Å². The van der Waals surface area contributed by atoms with Gasteiger partial charge >= 0.3 is 11.9 Å². The lowest BCUT2D eigenvalue weighted by molar-refractivity contribution is -0.159. The predicted molar refractivity (Wildman–Crippen MR) is 122 cm³/mol. The normalized spacial score (nSPS) is 18.3. The van der Waals surface area contributed by atoms with Crippen molar-refractivity contribution in [1.82, 2.24) is 0 Å². The van der Waals surface area contributed by atoms with E-state index in [1.54, 1.807) is 43.3 Å². The molecular formula is C23H25BrN2O6. The molecule has 2 aromatic carbocycles. The zero-order valence-corrected chi connectivity index (χ0v) is 19.8. The molecule has 0 fully saturated rings. The molecule has 0 saturated heterocycles. The zero-order valence-electron chi connectivity index (χ0n) is 18.2. The van der Waals surface area contributed by atoms with Crippen LogP contribution in [0, 0.1) is 0 Å². The van der Waals surface area contributed by atoms with Crippen LogP contribution in [0.5, 0.6) is 0 Å². The number of anilines is 2. The fourth-order valence-electron chi connectivity index (χ4n) is 3.91. The van der Waals surface area contributed by atoms with Gasteiger partial charge in [-0.15, -0.1) is 0 Å². The molecule has 170 valence electrons. The van der Waals surface area contributed by atoms with Crippen molar-refractivity contribution in [3.63, 3.8) is 0 Å². The molecule has 2 N–H and O–H groups in total. The van der Waals surface area contributed by atoms with Gasteiger partial charge in [0, 0.05) is 21.8 Å². The van der Waals surface area contributed by atoms with Crippen molar-refractivity contribution in [3.8, 4) is 0 Å². The van der Waals surface area contributed by atoms with Gasteiger partial charge in [0.05, 0.1) is 25.0 Å². The summed E-state index contributed by atoms with van der Waals surface area (Å²) in [6, 6.07) is 11.4. The van der Waals surface area contributed by atoms with Crippen LogP contribution in [0.1, 0.15) is 36.7 Å². The van der Waals surface area contributed by atoms with E-state index in [0.717, 1.165) is 0 Å². The van der Waals surface area contributed by atoms with E-state index in [4.69, 9.17) is 9.47 Å². The topological polar surface area (TPSA) is 105 Å². The number of rotatable bonds is 7. The minimum Gasteiger partial charge on any atom is -0.465 e. The van der Waals surface area contributed by atoms with Crippen LogP contribution in [0.3, 0.4) is 0 Å². The van der Waals surface area contributed by atoms with Crippen molar-refractivity contribution >= 4 is 45.2 Å². The third-order valence-electron chi connectivity index (χ3n) is 5.30. The van der Waals surface area contributed by atoms with Gasteiger partial charge in [-0.1, -0.05) is 34.1 Å². The van der Waals surface area contributed by atoms with E-state index in [-0.39, 0.29) is 23.9 Å². The monoisotopic (exact) mass is 504 g/mol. The van der Waals surface area contributed by atoms with E-state index in [1.165, 1.54) is 18.1 Å². The first-order chi connectivity index (χ1) is 15.2. The summed E-state index contributed by atoms with van der Waals surface area (Å²) in [5.41, 5.74) is -0.607. The fraction of sp³-hybridized carbons (Fsp3) is 0.348. The van der Waals surface area contributed by atoms with Gasteiger partial charge in [0.15, 0.2) is 11.6 Å². The SMILES string of the molecule is CCOC(=O)C(O)C1(Nc2ccc(Br)cc2C(=O)OC)C(=O)N(C(C)C)c2ccccc21. The largest absolute Gasteiger partial charge is 0.465 e. The number of benzene rings is 2. The molecule has 8 nitrogen and oxygen atoms in total. The van der Waals surface area contributed by atoms with Gasteiger partial charge in [0.2, 0.25) is 0 Å². The molecule has 2 aromatic rings. The van der Waals surface area contributed by atoms with Gasteiger partial charge in [-0.2, -0.15) is 0 Å². The van der Waals surface area contributed by atoms with E-state index in [9.17, 15) is 19.5 Å². The first-order valence-electron chi connectivity index (χ1n) is 10.1. The standard InChI is InChI=1S/C23H25BrN2O6/c1-5-32-21(29)19(27)23(25-17-11-10-14(24)12-15(17)20(28)31-4)16-8-6-7-9-18(16)26(13(2)3)22(23)30/h6-13,19,25,27H,5H2,1-4H3. The number of methoxy groups -OCH3 is 1. The number of fused-ring (bicyclic) bond motifs is 1. The van der Waals surface area contributed by atoms with Crippen LogP contribution in [-0.2, 0) is 24.6 Å². The van der Waals surface area contributed by atoms with E-state index in [2.05, 4.69) is 21.2 Å². The molecule has 3 rings (SSSR count). The van der Waals surface area contributed by atoms with E-state index < -0.39 is 29.5 Å². The summed E-state index contributed by atoms with van der Waals surface area (Å²) in [7, 11) is 1.24. The molecular weight excluding hydrogens is 480 g/mol. The maximum atomic E-state index is 13.9. The second-order valence-corrected chi connectivity index (χ2v) is 8.47. The quantitative estimate of drug-likeness (QED) is 0.557. The minimum atomic E-state index is -1.91. The first kappa shape index (κ1) is 23.7. The maximum absolute atomic E-state index is 13.9. The number of nitrogens with zero attached hydrogens (tertiary/aromatic N) is 1. The van der Waals surface area contributed by atoms with Crippen LogP contribution in [0.2, 0.25) is 0 Å². The van der Waals surface area contributed by atoms with Gasteiger partial charge < -0.3 is 24.8 Å². The molecule has 0 radical (unpaired) electrons. The van der Waals surface area contributed by atoms with Crippen molar-refractivity contribution in [2.24, 2.45) is 0 Å². The van der Waals surface area contributed by atoms with Crippen molar-refractivity contribution in [2.75, 3.05) is 23.9 Å². The van der Waals surface area contributed by atoms with Crippen molar-refractivity contribution in [2.45, 2.75) is 38.5 Å². The second kappa shape index (κ2) is 9.30. The van der Waals surface area contributed by atoms with Crippen molar-refractivity contribution in [1.29, 1.82) is 0 Å². The molecule has 0 saturated carbocycles. The van der Waals surface area contributed by atoms with Crippen LogP contribution in [0.25, 0.3) is 0 Å². The number of amides is 1. The number of para-hydroxylation sites is 1. The van der Waals surface area contributed by atoms with Gasteiger partial charge in [0.25, 0.3) is 5.91 Å². The summed E-state index contributed by atoms with van der Waals surface area (Å²) >= 11 is 3.32. The molecule has 32 heavy (non-hydrogen) atoms. The molecule has 0 spiro atoms. The summed E-state index contributed by atoms with van der Waals surface area (Å²) in [6.07, 6.45) is -1.88. The number of hydrogen-bond donors (Lipinski definition) is 2. The highest BCUT2D eigenvalue weighted by molar-refractivity contribution is 9.10. The van der Waals surface area contributed by atoms with Crippen molar-refractivity contribution in [3.05, 3.63) is 58.1 Å². The summed E-state index contributed by atoms with van der Waals surface area (Å²) in [5.74, 6) is -2.13. The minimum absolute atomic E-state index is 0.0292. The number of carbonyl (C=O) groups excluding carboxylic acids is 3. The van der Waals surface area contributed by atoms with Crippen LogP contribution in [0.4, 0.5) is 11.4 Å². The lowest BCUT2D eigenvalue weighted by Gasteiger charge is -2.35. The highest BCUT2D eigenvalue weighted by Crippen LogP contribution is 2.46. The van der Waals surface area contributed by atoms with Crippen LogP contribution in [-0.4, -0.2) is 48.8 Å². The predicted octanol–water partition coefficient (Wildman–Crippen LogP) is 3.22. The molecule has 1 heterocycles. The van der Waals surface area contributed by atoms with Crippen LogP contribution in [0.15, 0.2) is 46.9 Å². The van der Waals surface area contributed by atoms with E-state index in [1.807, 2.05) is 13.8 Å². The second-order valence-electron chi connectivity index (χ2n) is 7.56. The Kier molecular flexibility index (Phi) is 6.90. The average Bonchev–Trinajstić information content (AvgIpc) is 3.02. The van der Waals surface area contributed by atoms with Gasteiger partial charge in [0.1, 0.15) is 0 Å². The van der Waals surface area contributed by atoms with Gasteiger partial charge in [-0.05, 0) is 45.0 Å². The number of carbonyl (C=O) groups is 3. The third kappa shape index (κ3) is 3.86. The summed E-state index contributed by atoms with van der Waals surface area (Å²) in [4.78, 5) is 40.5. The lowest BCUT2D eigenvalue weighted by atomic mass is 9.84. The van der Waals surface area contributed by atoms with Gasteiger partial charge in [-0.3, -0.25) is 4.79 Å². The Morgan fingerprint density at radius 1 is 1.22 bits per heavy atom. The Morgan fingerprint density at radius 2 is 1.91 bits per heavy atom. The number of ether oxygens (including phenoxy) is 2. The lowest BCUT2D eigenvalue weighted by Crippen LogP contribution is -2.58. The Morgan fingerprint density at radius 3 is 2.53 bits per heavy atom. The van der Waals surface area contributed by atoms with E-state index >= 15 is 0 Å². The van der Waals surface area contributed by atoms with Crippen LogP contribution >= 0.6 is 15.9 Å². The third-order valence-corrected chi connectivity index (χ3v) is 5.79. The fourth-order valence-corrected chi connectivity index (χ4v) is 4.27. The Balaban J connectivity index is 2.27. The molecule has 9 heteroatoms. The smallest absolute Gasteiger partial charge is 0.340 e. The Hall–Kier alpha value is -2.91. The number of hydrogen-bond acceptors (Lipinski definition) is 7. The molecule has 2 unspecified atom stereocenters. The summed E-state index contributed by atoms with van der Waals surface area (Å²) < 4.78 is 10.6. The molecule has 0 aliphatic carbocycles. The molecule has 1 amide bonds. The maximum Gasteiger partial charge on any atom is 0.340 e. The molecule has 2 atom stereocenters. The van der Waals surface area contributed by atoms with Crippen molar-refractivity contribution < 1.29 is 29.0 Å². The number of aliphatic hydroxyl groups excluding tert-OH is 1. The number of halogens is 1. The zero-order chi connectivity index (χ0) is 23.6. The average molecular weight is 505 g/mol. The number of nitrogens with one attached hydrogen (secondary N) is 1.